The normalized spacial score (nSPS) is 11.0. The Bertz CT molecular complexity index is 1100. The minimum Gasteiger partial charge on any atom is -0.497 e. The number of aromatic nitrogens is 1. The maximum atomic E-state index is 13.1. The average molecular weight is 367 g/mol. The minimum absolute atomic E-state index is 0.243. The Hall–Kier alpha value is -2.85. The van der Waals surface area contributed by atoms with Gasteiger partial charge < -0.3 is 10.1 Å². The van der Waals surface area contributed by atoms with E-state index >= 15 is 0 Å². The van der Waals surface area contributed by atoms with Crippen LogP contribution < -0.4 is 10.1 Å². The Labute approximate surface area is 155 Å². The van der Waals surface area contributed by atoms with Gasteiger partial charge in [-0.3, -0.25) is 0 Å². The van der Waals surface area contributed by atoms with E-state index in [0.29, 0.717) is 11.6 Å². The Balaban J connectivity index is 1.85. The topological polar surface area (TPSA) is 34.1 Å². The maximum absolute atomic E-state index is 13.1. The van der Waals surface area contributed by atoms with Crippen LogP contribution in [-0.4, -0.2) is 12.1 Å². The largest absolute Gasteiger partial charge is 0.497 e. The summed E-state index contributed by atoms with van der Waals surface area (Å²) in [5.41, 5.74) is 3.60. The van der Waals surface area contributed by atoms with Crippen LogP contribution in [0.25, 0.3) is 21.8 Å². The zero-order valence-electron chi connectivity index (χ0n) is 14.1. The highest BCUT2D eigenvalue weighted by Crippen LogP contribution is 2.34. The van der Waals surface area contributed by atoms with Crippen LogP contribution in [0.2, 0.25) is 5.02 Å². The lowest BCUT2D eigenvalue weighted by atomic mass is 10.1. The predicted octanol–water partition coefficient (Wildman–Crippen LogP) is 5.80. The molecule has 0 atom stereocenters. The number of hydrogen-bond donors (Lipinski definition) is 1. The van der Waals surface area contributed by atoms with Gasteiger partial charge in [-0.2, -0.15) is 0 Å². The molecular formula is C21H16ClFN2O. The van der Waals surface area contributed by atoms with E-state index in [4.69, 9.17) is 21.3 Å². The van der Waals surface area contributed by atoms with Gasteiger partial charge in [0.15, 0.2) is 0 Å². The van der Waals surface area contributed by atoms with Crippen LogP contribution in [0.15, 0.2) is 60.7 Å². The molecule has 0 aliphatic carbocycles. The molecule has 3 nitrogen and oxygen atoms in total. The van der Waals surface area contributed by atoms with E-state index in [2.05, 4.69) is 5.32 Å². The maximum Gasteiger partial charge on any atom is 0.123 e. The molecule has 5 heteroatoms. The first-order valence-corrected chi connectivity index (χ1v) is 8.57. The molecule has 130 valence electrons. The summed E-state index contributed by atoms with van der Waals surface area (Å²) in [6, 6.07) is 17.9. The first-order valence-electron chi connectivity index (χ1n) is 8.19. The van der Waals surface area contributed by atoms with Gasteiger partial charge >= 0.3 is 0 Å². The SMILES string of the molecule is COc1ccc2nc3cc(Cl)ccc3c(NCc3ccc(F)cc3)c2c1. The van der Waals surface area contributed by atoms with E-state index in [-0.39, 0.29) is 5.82 Å². The second-order valence-electron chi connectivity index (χ2n) is 6.01. The van der Waals surface area contributed by atoms with Crippen LogP contribution in [0.3, 0.4) is 0 Å². The summed E-state index contributed by atoms with van der Waals surface area (Å²) in [4.78, 5) is 4.71. The van der Waals surface area contributed by atoms with Crippen molar-refractivity contribution < 1.29 is 9.13 Å². The lowest BCUT2D eigenvalue weighted by Crippen LogP contribution is -2.02. The zero-order valence-corrected chi connectivity index (χ0v) is 14.8. The van der Waals surface area contributed by atoms with Crippen molar-refractivity contribution in [3.05, 3.63) is 77.1 Å². The van der Waals surface area contributed by atoms with Crippen molar-refractivity contribution in [2.45, 2.75) is 6.54 Å². The third-order valence-electron chi connectivity index (χ3n) is 4.33. The quantitative estimate of drug-likeness (QED) is 0.463. The fourth-order valence-corrected chi connectivity index (χ4v) is 3.17. The Morgan fingerprint density at radius 2 is 1.77 bits per heavy atom. The molecule has 4 aromatic rings. The smallest absolute Gasteiger partial charge is 0.123 e. The van der Waals surface area contributed by atoms with Crippen molar-refractivity contribution in [2.24, 2.45) is 0 Å². The number of benzene rings is 3. The van der Waals surface area contributed by atoms with Gasteiger partial charge in [-0.05, 0) is 54.1 Å². The number of nitrogens with zero attached hydrogens (tertiary/aromatic N) is 1. The lowest BCUT2D eigenvalue weighted by molar-refractivity contribution is 0.415. The zero-order chi connectivity index (χ0) is 18.1. The van der Waals surface area contributed by atoms with Crippen LogP contribution in [0.1, 0.15) is 5.56 Å². The van der Waals surface area contributed by atoms with Crippen molar-refractivity contribution in [1.29, 1.82) is 0 Å². The van der Waals surface area contributed by atoms with Gasteiger partial charge in [0.25, 0.3) is 0 Å². The molecule has 1 N–H and O–H groups in total. The first kappa shape index (κ1) is 16.6. The highest BCUT2D eigenvalue weighted by atomic mass is 35.5. The average Bonchev–Trinajstić information content (AvgIpc) is 2.66. The van der Waals surface area contributed by atoms with E-state index in [1.807, 2.05) is 36.4 Å². The molecule has 0 unspecified atom stereocenters. The standard InChI is InChI=1S/C21H16ClFN2O/c1-26-16-7-9-19-18(11-16)21(17-8-4-14(22)10-20(17)25-19)24-12-13-2-5-15(23)6-3-13/h2-11H,12H2,1H3,(H,24,25). The van der Waals surface area contributed by atoms with Crippen LogP contribution in [-0.2, 0) is 6.54 Å². The van der Waals surface area contributed by atoms with E-state index in [0.717, 1.165) is 38.8 Å². The second-order valence-corrected chi connectivity index (χ2v) is 6.45. The summed E-state index contributed by atoms with van der Waals surface area (Å²) in [6.45, 7) is 0.564. The molecule has 0 spiro atoms. The molecule has 0 bridgehead atoms. The van der Waals surface area contributed by atoms with Crippen LogP contribution in [0, 0.1) is 5.82 Å². The molecule has 4 rings (SSSR count). The van der Waals surface area contributed by atoms with Gasteiger partial charge in [0.05, 0.1) is 23.8 Å². The number of hydrogen-bond acceptors (Lipinski definition) is 3. The third-order valence-corrected chi connectivity index (χ3v) is 4.56. The van der Waals surface area contributed by atoms with Gasteiger partial charge in [-0.1, -0.05) is 23.7 Å². The van der Waals surface area contributed by atoms with E-state index in [9.17, 15) is 4.39 Å². The number of anilines is 1. The molecule has 0 aliphatic rings. The fraction of sp³-hybridized carbons (Fsp3) is 0.0952. The molecule has 0 aliphatic heterocycles. The highest BCUT2D eigenvalue weighted by molar-refractivity contribution is 6.31. The minimum atomic E-state index is -0.243. The molecule has 1 aromatic heterocycles. The molecule has 0 amide bonds. The van der Waals surface area contributed by atoms with Crippen molar-refractivity contribution in [1.82, 2.24) is 4.98 Å². The number of fused-ring (bicyclic) bond motifs is 2. The van der Waals surface area contributed by atoms with Gasteiger partial charge in [0.2, 0.25) is 0 Å². The lowest BCUT2D eigenvalue weighted by Gasteiger charge is -2.14. The molecule has 0 radical (unpaired) electrons. The highest BCUT2D eigenvalue weighted by Gasteiger charge is 2.11. The van der Waals surface area contributed by atoms with Crippen LogP contribution >= 0.6 is 11.6 Å². The number of nitrogens with one attached hydrogen (secondary N) is 1. The van der Waals surface area contributed by atoms with Crippen molar-refractivity contribution in [2.75, 3.05) is 12.4 Å². The van der Waals surface area contributed by atoms with Gasteiger partial charge in [0.1, 0.15) is 11.6 Å². The predicted molar refractivity (Wildman–Crippen MR) is 105 cm³/mol. The molecule has 26 heavy (non-hydrogen) atoms. The molecule has 1 heterocycles. The Kier molecular flexibility index (Phi) is 4.35. The summed E-state index contributed by atoms with van der Waals surface area (Å²) >= 11 is 6.14. The molecule has 0 saturated heterocycles. The van der Waals surface area contributed by atoms with Gasteiger partial charge in [-0.15, -0.1) is 0 Å². The van der Waals surface area contributed by atoms with E-state index in [1.165, 1.54) is 12.1 Å². The Morgan fingerprint density at radius 1 is 0.962 bits per heavy atom. The number of methoxy groups -OCH3 is 1. The number of pyridine rings is 1. The van der Waals surface area contributed by atoms with Gasteiger partial charge in [-0.25, -0.2) is 9.37 Å². The monoisotopic (exact) mass is 366 g/mol. The molecule has 3 aromatic carbocycles. The number of rotatable bonds is 4. The van der Waals surface area contributed by atoms with Crippen LogP contribution in [0.5, 0.6) is 5.75 Å². The molecule has 0 fully saturated rings. The fourth-order valence-electron chi connectivity index (χ4n) is 3.01. The van der Waals surface area contributed by atoms with Crippen molar-refractivity contribution in [3.8, 4) is 5.75 Å². The summed E-state index contributed by atoms with van der Waals surface area (Å²) < 4.78 is 18.5. The van der Waals surface area contributed by atoms with E-state index in [1.54, 1.807) is 19.2 Å². The summed E-state index contributed by atoms with van der Waals surface area (Å²) in [6.07, 6.45) is 0. The molecule has 0 saturated carbocycles. The summed E-state index contributed by atoms with van der Waals surface area (Å²) in [7, 11) is 1.64. The van der Waals surface area contributed by atoms with Crippen LogP contribution in [0.4, 0.5) is 10.1 Å². The second kappa shape index (κ2) is 6.81. The summed E-state index contributed by atoms with van der Waals surface area (Å²) in [5, 5.41) is 6.05. The van der Waals surface area contributed by atoms with E-state index < -0.39 is 0 Å². The van der Waals surface area contributed by atoms with Gasteiger partial charge in [0, 0.05) is 22.3 Å². The molecular weight excluding hydrogens is 351 g/mol. The first-order chi connectivity index (χ1) is 12.6. The number of halogens is 2. The Morgan fingerprint density at radius 3 is 2.54 bits per heavy atom. The van der Waals surface area contributed by atoms with Crippen molar-refractivity contribution in [3.63, 3.8) is 0 Å². The summed E-state index contributed by atoms with van der Waals surface area (Å²) in [5.74, 6) is 0.519. The number of ether oxygens (including phenoxy) is 1. The van der Waals surface area contributed by atoms with Crippen molar-refractivity contribution >= 4 is 39.1 Å². The third kappa shape index (κ3) is 3.16.